The van der Waals surface area contributed by atoms with Crippen molar-refractivity contribution in [2.45, 2.75) is 50.2 Å². The monoisotopic (exact) mass is 212 g/mol. The third kappa shape index (κ3) is 1.88. The maximum atomic E-state index is 12.0. The molecule has 2 fully saturated rings. The van der Waals surface area contributed by atoms with Crippen LogP contribution in [0.15, 0.2) is 0 Å². The van der Waals surface area contributed by atoms with E-state index in [-0.39, 0.29) is 11.4 Å². The number of carbonyl (C=O) groups is 1. The van der Waals surface area contributed by atoms with E-state index in [0.29, 0.717) is 13.2 Å². The zero-order valence-corrected chi connectivity index (χ0v) is 9.34. The van der Waals surface area contributed by atoms with E-state index < -0.39 is 5.60 Å². The number of hydrogen-bond acceptors (Lipinski definition) is 3. The van der Waals surface area contributed by atoms with Gasteiger partial charge in [0, 0.05) is 13.2 Å². The molecule has 2 aliphatic rings. The van der Waals surface area contributed by atoms with Gasteiger partial charge in [0.25, 0.3) is 5.91 Å². The fourth-order valence-electron chi connectivity index (χ4n) is 2.31. The highest BCUT2D eigenvalue weighted by Crippen LogP contribution is 2.33. The van der Waals surface area contributed by atoms with Crippen molar-refractivity contribution >= 4 is 5.91 Å². The lowest BCUT2D eigenvalue weighted by molar-refractivity contribution is -0.142. The van der Waals surface area contributed by atoms with Gasteiger partial charge in [0.1, 0.15) is 5.60 Å². The highest BCUT2D eigenvalue weighted by molar-refractivity contribution is 5.85. The van der Waals surface area contributed by atoms with Crippen molar-refractivity contribution < 1.29 is 9.53 Å². The average molecular weight is 212 g/mol. The Kier molecular flexibility index (Phi) is 2.73. The molecule has 0 aromatic rings. The highest BCUT2D eigenvalue weighted by Gasteiger charge is 2.44. The minimum atomic E-state index is -0.613. The first-order chi connectivity index (χ1) is 7.10. The summed E-state index contributed by atoms with van der Waals surface area (Å²) in [6, 6.07) is 0. The molecule has 0 aromatic carbocycles. The second-order valence-electron chi connectivity index (χ2n) is 4.98. The Balaban J connectivity index is 1.96. The molecule has 1 saturated carbocycles. The van der Waals surface area contributed by atoms with Crippen LogP contribution in [0.3, 0.4) is 0 Å². The maximum absolute atomic E-state index is 12.0. The van der Waals surface area contributed by atoms with Gasteiger partial charge in [-0.1, -0.05) is 0 Å². The molecule has 1 heterocycles. The molecular formula is C11H20N2O2. The number of carbonyl (C=O) groups excluding carboxylic acids is 1. The molecule has 1 aliphatic carbocycles. The molecule has 1 amide bonds. The summed E-state index contributed by atoms with van der Waals surface area (Å²) in [6.07, 6.45) is 4.96. The summed E-state index contributed by atoms with van der Waals surface area (Å²) in [6.45, 7) is 3.10. The molecule has 1 saturated heterocycles. The quantitative estimate of drug-likeness (QED) is 0.718. The molecule has 0 aromatic heterocycles. The number of hydrogen-bond donors (Lipinski definition) is 2. The molecule has 4 nitrogen and oxygen atoms in total. The van der Waals surface area contributed by atoms with Gasteiger partial charge in [-0.15, -0.1) is 0 Å². The van der Waals surface area contributed by atoms with Crippen molar-refractivity contribution in [3.05, 3.63) is 0 Å². The predicted molar refractivity (Wildman–Crippen MR) is 57.4 cm³/mol. The van der Waals surface area contributed by atoms with Crippen molar-refractivity contribution in [2.75, 3.05) is 13.2 Å². The van der Waals surface area contributed by atoms with E-state index in [9.17, 15) is 4.79 Å². The molecule has 15 heavy (non-hydrogen) atoms. The van der Waals surface area contributed by atoms with E-state index in [1.54, 1.807) is 0 Å². The second kappa shape index (κ2) is 3.76. The molecule has 0 bridgehead atoms. The molecule has 1 aliphatic heterocycles. The predicted octanol–water partition coefficient (Wildman–Crippen LogP) is 0.553. The summed E-state index contributed by atoms with van der Waals surface area (Å²) in [7, 11) is 0. The summed E-state index contributed by atoms with van der Waals surface area (Å²) >= 11 is 0. The third-order valence-electron chi connectivity index (χ3n) is 3.78. The van der Waals surface area contributed by atoms with E-state index >= 15 is 0 Å². The van der Waals surface area contributed by atoms with Crippen LogP contribution in [0.25, 0.3) is 0 Å². The Morgan fingerprint density at radius 2 is 2.13 bits per heavy atom. The molecule has 0 spiro atoms. The lowest BCUT2D eigenvalue weighted by Gasteiger charge is -2.43. The van der Waals surface area contributed by atoms with E-state index in [4.69, 9.17) is 10.5 Å². The summed E-state index contributed by atoms with van der Waals surface area (Å²) in [5.74, 6) is 0.0187. The van der Waals surface area contributed by atoms with Crippen molar-refractivity contribution in [1.82, 2.24) is 5.32 Å². The second-order valence-corrected chi connectivity index (χ2v) is 4.98. The van der Waals surface area contributed by atoms with E-state index in [1.807, 2.05) is 6.92 Å². The van der Waals surface area contributed by atoms with Crippen molar-refractivity contribution in [3.8, 4) is 0 Å². The minimum absolute atomic E-state index is 0.0187. The minimum Gasteiger partial charge on any atom is -0.365 e. The first kappa shape index (κ1) is 10.9. The van der Waals surface area contributed by atoms with E-state index in [2.05, 4.69) is 5.32 Å². The van der Waals surface area contributed by atoms with Crippen LogP contribution in [0.1, 0.15) is 39.0 Å². The fraction of sp³-hybridized carbons (Fsp3) is 0.909. The van der Waals surface area contributed by atoms with Crippen LogP contribution in [-0.4, -0.2) is 30.2 Å². The SMILES string of the molecule is CC1(C(=O)NC2(CN)CCC2)CCCO1. The van der Waals surface area contributed by atoms with Crippen molar-refractivity contribution in [2.24, 2.45) is 5.73 Å². The first-order valence-electron chi connectivity index (χ1n) is 5.77. The van der Waals surface area contributed by atoms with Gasteiger partial charge in [0.2, 0.25) is 0 Å². The Labute approximate surface area is 90.5 Å². The average Bonchev–Trinajstić information content (AvgIpc) is 2.60. The van der Waals surface area contributed by atoms with Crippen LogP contribution in [0.2, 0.25) is 0 Å². The van der Waals surface area contributed by atoms with Crippen molar-refractivity contribution in [3.63, 3.8) is 0 Å². The Hall–Kier alpha value is -0.610. The van der Waals surface area contributed by atoms with Gasteiger partial charge < -0.3 is 15.8 Å². The zero-order chi connectivity index (χ0) is 10.9. The largest absolute Gasteiger partial charge is 0.365 e. The van der Waals surface area contributed by atoms with Gasteiger partial charge in [-0.25, -0.2) is 0 Å². The number of nitrogens with one attached hydrogen (secondary N) is 1. The smallest absolute Gasteiger partial charge is 0.252 e. The molecular weight excluding hydrogens is 192 g/mol. The number of nitrogens with two attached hydrogens (primary N) is 1. The van der Waals surface area contributed by atoms with E-state index in [0.717, 1.165) is 32.1 Å². The number of amides is 1. The summed E-state index contributed by atoms with van der Waals surface area (Å²) < 4.78 is 5.51. The number of ether oxygens (including phenoxy) is 1. The van der Waals surface area contributed by atoms with Gasteiger partial charge in [-0.05, 0) is 39.0 Å². The highest BCUT2D eigenvalue weighted by atomic mass is 16.5. The standard InChI is InChI=1S/C11H20N2O2/c1-10(4-3-7-15-10)9(14)13-11(8-12)5-2-6-11/h2-8,12H2,1H3,(H,13,14). The Bertz CT molecular complexity index is 250. The third-order valence-corrected chi connectivity index (χ3v) is 3.78. The lowest BCUT2D eigenvalue weighted by Crippen LogP contribution is -2.62. The van der Waals surface area contributed by atoms with Crippen LogP contribution in [-0.2, 0) is 9.53 Å². The van der Waals surface area contributed by atoms with Crippen LogP contribution >= 0.6 is 0 Å². The van der Waals surface area contributed by atoms with Crippen LogP contribution in [0, 0.1) is 0 Å². The molecule has 86 valence electrons. The summed E-state index contributed by atoms with van der Waals surface area (Å²) in [5.41, 5.74) is 4.96. The zero-order valence-electron chi connectivity index (χ0n) is 9.34. The lowest BCUT2D eigenvalue weighted by atomic mass is 9.76. The normalized spacial score (nSPS) is 33.5. The van der Waals surface area contributed by atoms with Gasteiger partial charge >= 0.3 is 0 Å². The maximum Gasteiger partial charge on any atom is 0.252 e. The van der Waals surface area contributed by atoms with Gasteiger partial charge in [-0.3, -0.25) is 4.79 Å². The van der Waals surface area contributed by atoms with Crippen LogP contribution in [0.5, 0.6) is 0 Å². The molecule has 2 rings (SSSR count). The topological polar surface area (TPSA) is 64.4 Å². The summed E-state index contributed by atoms with van der Waals surface area (Å²) in [4.78, 5) is 12.0. The summed E-state index contributed by atoms with van der Waals surface area (Å²) in [5, 5.41) is 3.07. The Morgan fingerprint density at radius 1 is 1.40 bits per heavy atom. The van der Waals surface area contributed by atoms with E-state index in [1.165, 1.54) is 0 Å². The van der Waals surface area contributed by atoms with Crippen molar-refractivity contribution in [1.29, 1.82) is 0 Å². The Morgan fingerprint density at radius 3 is 2.53 bits per heavy atom. The van der Waals surface area contributed by atoms with Gasteiger partial charge in [-0.2, -0.15) is 0 Å². The molecule has 3 N–H and O–H groups in total. The molecule has 1 atom stereocenters. The van der Waals surface area contributed by atoms with Crippen LogP contribution < -0.4 is 11.1 Å². The molecule has 4 heteroatoms. The van der Waals surface area contributed by atoms with Gasteiger partial charge in [0.15, 0.2) is 0 Å². The molecule has 0 radical (unpaired) electrons. The first-order valence-corrected chi connectivity index (χ1v) is 5.77. The molecule has 1 unspecified atom stereocenters. The number of rotatable bonds is 3. The fourth-order valence-corrected chi connectivity index (χ4v) is 2.31. The van der Waals surface area contributed by atoms with Crippen LogP contribution in [0.4, 0.5) is 0 Å². The van der Waals surface area contributed by atoms with Gasteiger partial charge in [0.05, 0.1) is 5.54 Å².